The van der Waals surface area contributed by atoms with E-state index in [4.69, 9.17) is 29.0 Å². The molecule has 0 spiro atoms. The molecule has 33 heteroatoms. The lowest BCUT2D eigenvalue weighted by Crippen LogP contribution is -2.48. The molecule has 2 fully saturated rings. The van der Waals surface area contributed by atoms with Crippen molar-refractivity contribution in [1.29, 1.82) is 0 Å². The van der Waals surface area contributed by atoms with Gasteiger partial charge in [-0.3, -0.25) is 32.5 Å². The van der Waals surface area contributed by atoms with E-state index >= 15 is 0 Å². The third-order valence-corrected chi connectivity index (χ3v) is 16.6. The molecule has 2 saturated heterocycles. The maximum Gasteiger partial charge on any atom is 0.481 e. The number of nitrogens with two attached hydrogens (primary N) is 1. The number of fused-ring (bicyclic) bond motifs is 1. The van der Waals surface area contributed by atoms with Gasteiger partial charge in [0.2, 0.25) is 11.8 Å². The quantitative estimate of drug-likeness (QED) is 0.0344. The summed E-state index contributed by atoms with van der Waals surface area (Å²) in [5, 5.41) is 56.6. The maximum absolute atomic E-state index is 12.8. The summed E-state index contributed by atoms with van der Waals surface area (Å²) in [7, 11) is -16.5. The number of unbranched alkanes of at least 4 members (excludes halogenated alkanes) is 9. The molecule has 13 atom stereocenters. The number of amides is 2. The first-order valence-electron chi connectivity index (χ1n) is 25.5. The topological polar surface area (TPSA) is 443 Å². The third kappa shape index (κ3) is 23.4. The van der Waals surface area contributed by atoms with Gasteiger partial charge in [0.15, 0.2) is 29.1 Å². The molecule has 2 aliphatic rings. The van der Waals surface area contributed by atoms with Crippen molar-refractivity contribution in [3.8, 4) is 0 Å². The molecule has 2 unspecified atom stereocenters. The molecule has 0 radical (unpaired) electrons. The van der Waals surface area contributed by atoms with Crippen LogP contribution in [0.1, 0.15) is 130 Å². The molecule has 2 aromatic heterocycles. The van der Waals surface area contributed by atoms with Crippen LogP contribution in [0.4, 0.5) is 5.82 Å². The Labute approximate surface area is 450 Å². The zero-order chi connectivity index (χ0) is 57.1. The average Bonchev–Trinajstić information content (AvgIpc) is 3.90. The SMILES string of the molecule is C[C@H](CCCCCCCCCCCC[C@@H](O)CC(=O)SCCNC(=O)CCNC(=O)[C@H](O)C(C)(C)COP(=O)(O)OP(=O)(O)OC[C@H]1O[C@@H](n2cnc3c(N)ncnc32)[C@H](O)[C@@H]1OP(=O)(O)O)O[C@@H]1O[C@@H](C)[C@H](O)C[C@H]1O. The fourth-order valence-corrected chi connectivity index (χ4v) is 11.8. The Balaban J connectivity index is 1.01. The van der Waals surface area contributed by atoms with Crippen molar-refractivity contribution >= 4 is 69.1 Å². The first-order valence-corrected chi connectivity index (χ1v) is 31.0. The van der Waals surface area contributed by atoms with Crippen molar-refractivity contribution in [3.05, 3.63) is 12.7 Å². The van der Waals surface area contributed by atoms with Gasteiger partial charge in [-0.15, -0.1) is 0 Å². The molecular formula is C44H78N7O22P3S. The van der Waals surface area contributed by atoms with Crippen LogP contribution < -0.4 is 16.4 Å². The standard InChI is InChI=1S/C44H78N7O22P3S/c1-27(69-43-31(54)22-30(53)28(2)70-43)15-13-11-9-7-5-6-8-10-12-14-16-29(52)21-34(56)77-20-19-46-33(55)17-18-47-41(59)38(58)44(3,4)24-68-76(65,66)73-75(63,64)67-23-32-37(72-74(60,61)62)36(57)42(71-32)51-26-50-35-39(45)48-25-49-40(35)51/h25-32,36-38,42-43,52-54,57-58H,5-24H2,1-4H3,(H,46,55)(H,47,59)(H,63,64)(H,65,66)(H2,45,48,49)(H2,60,61,62)/t27-,28+,29-,30-,31-,32-,36-,37-,38+,42-,43-/m1/s1. The number of phosphoric acid groups is 3. The highest BCUT2D eigenvalue weighted by atomic mass is 32.2. The summed E-state index contributed by atoms with van der Waals surface area (Å²) in [6, 6.07) is 0. The fourth-order valence-electron chi connectivity index (χ4n) is 8.24. The molecule has 2 aliphatic heterocycles. The van der Waals surface area contributed by atoms with Crippen LogP contribution in [0.25, 0.3) is 11.2 Å². The van der Waals surface area contributed by atoms with Gasteiger partial charge in [-0.1, -0.05) is 89.8 Å². The van der Waals surface area contributed by atoms with Gasteiger partial charge in [-0.2, -0.15) is 4.31 Å². The Kier molecular flexibility index (Phi) is 27.4. The van der Waals surface area contributed by atoms with Gasteiger partial charge in [-0.05, 0) is 26.7 Å². The summed E-state index contributed by atoms with van der Waals surface area (Å²) in [4.78, 5) is 88.7. The Morgan fingerprint density at radius 1 is 0.870 bits per heavy atom. The maximum atomic E-state index is 12.8. The minimum atomic E-state index is -5.60. The first kappa shape index (κ1) is 66.9. The van der Waals surface area contributed by atoms with Crippen LogP contribution in [-0.4, -0.2) is 175 Å². The van der Waals surface area contributed by atoms with E-state index in [2.05, 4.69) is 34.4 Å². The van der Waals surface area contributed by atoms with Crippen LogP contribution in [0.15, 0.2) is 12.7 Å². The molecule has 29 nitrogen and oxygen atoms in total. The molecule has 2 amide bonds. The minimum Gasteiger partial charge on any atom is -0.393 e. The lowest BCUT2D eigenvalue weighted by Gasteiger charge is -2.36. The van der Waals surface area contributed by atoms with Crippen LogP contribution in [0.5, 0.6) is 0 Å². The number of nitrogens with zero attached hydrogens (tertiary/aromatic N) is 4. The molecule has 0 aromatic carbocycles. The second kappa shape index (κ2) is 31.5. The van der Waals surface area contributed by atoms with E-state index in [0.29, 0.717) is 6.42 Å². The second-order valence-electron chi connectivity index (χ2n) is 19.8. The molecule has 2 aromatic rings. The van der Waals surface area contributed by atoms with E-state index in [0.717, 1.165) is 99.6 Å². The Hall–Kier alpha value is -2.64. The van der Waals surface area contributed by atoms with Gasteiger partial charge in [0, 0.05) is 43.5 Å². The number of nitrogen functional groups attached to an aromatic ring is 1. The number of aromatic nitrogens is 4. The molecule has 77 heavy (non-hydrogen) atoms. The molecule has 4 heterocycles. The zero-order valence-corrected chi connectivity index (χ0v) is 47.1. The van der Waals surface area contributed by atoms with E-state index in [-0.39, 0.29) is 72.4 Å². The molecule has 0 aliphatic carbocycles. The van der Waals surface area contributed by atoms with E-state index < -0.39 is 109 Å². The number of hydrogen-bond donors (Lipinski definition) is 12. The lowest BCUT2D eigenvalue weighted by atomic mass is 9.87. The number of thioether (sulfide) groups is 1. The Morgan fingerprint density at radius 3 is 2.14 bits per heavy atom. The number of rotatable bonds is 36. The average molecular weight is 1180 g/mol. The van der Waals surface area contributed by atoms with Crippen LogP contribution in [0.2, 0.25) is 0 Å². The number of imidazole rings is 1. The number of aliphatic hydroxyl groups excluding tert-OH is 5. The monoisotopic (exact) mass is 1180 g/mol. The summed E-state index contributed by atoms with van der Waals surface area (Å²) in [5.74, 6) is -1.28. The Bertz CT molecular complexity index is 2320. The molecule has 13 N–H and O–H groups in total. The number of hydrogen-bond acceptors (Lipinski definition) is 23. The van der Waals surface area contributed by atoms with Crippen LogP contribution in [-0.2, 0) is 60.2 Å². The van der Waals surface area contributed by atoms with Crippen LogP contribution >= 0.6 is 35.2 Å². The number of carbonyl (C=O) groups is 3. The Morgan fingerprint density at radius 2 is 1.49 bits per heavy atom. The summed E-state index contributed by atoms with van der Waals surface area (Å²) < 4.78 is 74.0. The number of phosphoric ester groups is 3. The van der Waals surface area contributed by atoms with Crippen molar-refractivity contribution in [2.45, 2.75) is 191 Å². The van der Waals surface area contributed by atoms with Gasteiger partial charge < -0.3 is 75.7 Å². The van der Waals surface area contributed by atoms with Gasteiger partial charge in [0.25, 0.3) is 0 Å². The highest BCUT2D eigenvalue weighted by Crippen LogP contribution is 2.61. The van der Waals surface area contributed by atoms with E-state index in [1.165, 1.54) is 13.8 Å². The summed E-state index contributed by atoms with van der Waals surface area (Å²) in [5.41, 5.74) is 4.23. The van der Waals surface area contributed by atoms with Crippen molar-refractivity contribution in [3.63, 3.8) is 0 Å². The minimum absolute atomic E-state index is 0.00888. The predicted molar refractivity (Wildman–Crippen MR) is 275 cm³/mol. The molecule has 0 bridgehead atoms. The fraction of sp³-hybridized carbons (Fsp3) is 0.818. The van der Waals surface area contributed by atoms with Gasteiger partial charge in [0.05, 0.1) is 44.0 Å². The number of ether oxygens (including phenoxy) is 3. The zero-order valence-electron chi connectivity index (χ0n) is 43.6. The van der Waals surface area contributed by atoms with Crippen LogP contribution in [0.3, 0.4) is 0 Å². The van der Waals surface area contributed by atoms with Crippen molar-refractivity contribution in [1.82, 2.24) is 30.2 Å². The van der Waals surface area contributed by atoms with Crippen molar-refractivity contribution in [2.24, 2.45) is 5.41 Å². The molecule has 0 saturated carbocycles. The van der Waals surface area contributed by atoms with Gasteiger partial charge in [0.1, 0.15) is 42.4 Å². The number of nitrogens with one attached hydrogen (secondary N) is 2. The molecule has 4 rings (SSSR count). The molecule has 442 valence electrons. The van der Waals surface area contributed by atoms with Gasteiger partial charge in [-0.25, -0.2) is 28.6 Å². The van der Waals surface area contributed by atoms with Gasteiger partial charge >= 0.3 is 23.5 Å². The van der Waals surface area contributed by atoms with Crippen LogP contribution in [0, 0.1) is 5.41 Å². The third-order valence-electron chi connectivity index (χ3n) is 12.6. The highest BCUT2D eigenvalue weighted by molar-refractivity contribution is 8.13. The second-order valence-corrected chi connectivity index (χ2v) is 25.2. The normalized spacial score (nSPS) is 24.9. The lowest BCUT2D eigenvalue weighted by molar-refractivity contribution is -0.273. The van der Waals surface area contributed by atoms with E-state index in [1.54, 1.807) is 6.92 Å². The van der Waals surface area contributed by atoms with E-state index in [9.17, 15) is 73.2 Å². The summed E-state index contributed by atoms with van der Waals surface area (Å²) in [6.45, 7) is 4.07. The van der Waals surface area contributed by atoms with E-state index in [1.807, 2.05) is 6.92 Å². The van der Waals surface area contributed by atoms with Crippen molar-refractivity contribution in [2.75, 3.05) is 37.8 Å². The van der Waals surface area contributed by atoms with Crippen molar-refractivity contribution < 1.29 is 105 Å². The first-order chi connectivity index (χ1) is 36.1. The summed E-state index contributed by atoms with van der Waals surface area (Å²) >= 11 is 0.979. The smallest absolute Gasteiger partial charge is 0.393 e. The largest absolute Gasteiger partial charge is 0.481 e. The number of carbonyl (C=O) groups excluding carboxylic acids is 3. The molecular weight excluding hydrogens is 1100 g/mol. The highest BCUT2D eigenvalue weighted by Gasteiger charge is 2.50. The predicted octanol–water partition coefficient (Wildman–Crippen LogP) is 2.36. The number of aliphatic hydroxyl groups is 5. The number of anilines is 1. The summed E-state index contributed by atoms with van der Waals surface area (Å²) in [6.07, 6.45) is 1.87.